The number of methoxy groups -OCH3 is 2. The summed E-state index contributed by atoms with van der Waals surface area (Å²) in [6, 6.07) is 4.53. The van der Waals surface area contributed by atoms with Gasteiger partial charge in [0.25, 0.3) is 0 Å². The van der Waals surface area contributed by atoms with Gasteiger partial charge in [-0.2, -0.15) is 0 Å². The first kappa shape index (κ1) is 13.8. The number of aliphatic hydroxyl groups is 1. The van der Waals surface area contributed by atoms with Crippen LogP contribution in [0.15, 0.2) is 23.1 Å². The van der Waals surface area contributed by atoms with Gasteiger partial charge in [-0.05, 0) is 18.6 Å². The third-order valence-electron chi connectivity index (χ3n) is 2.28. The Bertz CT molecular complexity index is 467. The molecule has 6 heteroatoms. The van der Waals surface area contributed by atoms with E-state index >= 15 is 0 Å². The van der Waals surface area contributed by atoms with Crippen molar-refractivity contribution in [1.82, 2.24) is 0 Å². The molecule has 0 bridgehead atoms. The van der Waals surface area contributed by atoms with E-state index in [0.717, 1.165) is 0 Å². The van der Waals surface area contributed by atoms with Crippen LogP contribution in [0.1, 0.15) is 6.42 Å². The number of ether oxygens (including phenoxy) is 2. The summed E-state index contributed by atoms with van der Waals surface area (Å²) >= 11 is 0. The predicted molar refractivity (Wildman–Crippen MR) is 63.3 cm³/mol. The maximum atomic E-state index is 11.9. The molecule has 5 nitrogen and oxygen atoms in total. The Kier molecular flexibility index (Phi) is 4.77. The van der Waals surface area contributed by atoms with Gasteiger partial charge < -0.3 is 14.6 Å². The Hall–Kier alpha value is -1.27. The number of aliphatic hydroxyl groups excluding tert-OH is 1. The lowest BCUT2D eigenvalue weighted by molar-refractivity contribution is 0.295. The number of benzene rings is 1. The average molecular weight is 260 g/mol. The van der Waals surface area contributed by atoms with Crippen LogP contribution in [0.3, 0.4) is 0 Å². The minimum Gasteiger partial charge on any atom is -0.497 e. The SMILES string of the molecule is COc1ccc(S(=O)(=O)CCCO)c(OC)c1. The highest BCUT2D eigenvalue weighted by molar-refractivity contribution is 7.91. The molecule has 0 fully saturated rings. The van der Waals surface area contributed by atoms with E-state index in [1.165, 1.54) is 26.4 Å². The molecule has 0 aromatic heterocycles. The van der Waals surface area contributed by atoms with Crippen molar-refractivity contribution in [2.45, 2.75) is 11.3 Å². The summed E-state index contributed by atoms with van der Waals surface area (Å²) in [5.41, 5.74) is 0. The van der Waals surface area contributed by atoms with E-state index in [1.807, 2.05) is 0 Å². The van der Waals surface area contributed by atoms with Crippen molar-refractivity contribution in [2.75, 3.05) is 26.6 Å². The van der Waals surface area contributed by atoms with Gasteiger partial charge in [0.05, 0.1) is 20.0 Å². The third-order valence-corrected chi connectivity index (χ3v) is 4.11. The molecule has 0 aliphatic heterocycles. The molecule has 96 valence electrons. The molecular formula is C11H16O5S. The van der Waals surface area contributed by atoms with Crippen LogP contribution >= 0.6 is 0 Å². The molecular weight excluding hydrogens is 244 g/mol. The number of hydrogen-bond acceptors (Lipinski definition) is 5. The zero-order valence-corrected chi connectivity index (χ0v) is 10.7. The fourth-order valence-electron chi connectivity index (χ4n) is 1.40. The molecule has 0 heterocycles. The van der Waals surface area contributed by atoms with E-state index in [9.17, 15) is 8.42 Å². The van der Waals surface area contributed by atoms with Crippen LogP contribution in [0.5, 0.6) is 11.5 Å². The van der Waals surface area contributed by atoms with Crippen LogP contribution in [-0.2, 0) is 9.84 Å². The second kappa shape index (κ2) is 5.88. The van der Waals surface area contributed by atoms with Gasteiger partial charge in [0.1, 0.15) is 16.4 Å². The molecule has 0 aliphatic rings. The molecule has 1 rings (SSSR count). The highest BCUT2D eigenvalue weighted by Gasteiger charge is 2.19. The minimum absolute atomic E-state index is 0.105. The van der Waals surface area contributed by atoms with E-state index in [-0.39, 0.29) is 29.4 Å². The van der Waals surface area contributed by atoms with E-state index in [1.54, 1.807) is 6.07 Å². The van der Waals surface area contributed by atoms with Gasteiger partial charge in [0.2, 0.25) is 0 Å². The third kappa shape index (κ3) is 3.34. The van der Waals surface area contributed by atoms with Crippen molar-refractivity contribution in [2.24, 2.45) is 0 Å². The van der Waals surface area contributed by atoms with E-state index in [4.69, 9.17) is 14.6 Å². The van der Waals surface area contributed by atoms with Gasteiger partial charge in [-0.25, -0.2) is 8.42 Å². The molecule has 1 N–H and O–H groups in total. The fraction of sp³-hybridized carbons (Fsp3) is 0.455. The highest BCUT2D eigenvalue weighted by Crippen LogP contribution is 2.29. The molecule has 17 heavy (non-hydrogen) atoms. The lowest BCUT2D eigenvalue weighted by Gasteiger charge is -2.10. The monoisotopic (exact) mass is 260 g/mol. The topological polar surface area (TPSA) is 72.8 Å². The Labute approximate surface area is 101 Å². The summed E-state index contributed by atoms with van der Waals surface area (Å²) in [5, 5.41) is 8.67. The van der Waals surface area contributed by atoms with Gasteiger partial charge in [0.15, 0.2) is 9.84 Å². The Morgan fingerprint density at radius 2 is 1.94 bits per heavy atom. The van der Waals surface area contributed by atoms with Gasteiger partial charge in [-0.1, -0.05) is 0 Å². The highest BCUT2D eigenvalue weighted by atomic mass is 32.2. The first-order chi connectivity index (χ1) is 8.05. The molecule has 0 amide bonds. The van der Waals surface area contributed by atoms with Gasteiger partial charge in [0, 0.05) is 12.7 Å². The van der Waals surface area contributed by atoms with Crippen LogP contribution < -0.4 is 9.47 Å². The van der Waals surface area contributed by atoms with Crippen molar-refractivity contribution < 1.29 is 23.0 Å². The zero-order valence-electron chi connectivity index (χ0n) is 9.84. The maximum absolute atomic E-state index is 11.9. The summed E-state index contributed by atoms with van der Waals surface area (Å²) in [5.74, 6) is 0.678. The van der Waals surface area contributed by atoms with Crippen molar-refractivity contribution in [3.8, 4) is 11.5 Å². The van der Waals surface area contributed by atoms with Crippen molar-refractivity contribution in [3.05, 3.63) is 18.2 Å². The zero-order chi connectivity index (χ0) is 12.9. The molecule has 0 radical (unpaired) electrons. The molecule has 0 spiro atoms. The molecule has 0 saturated heterocycles. The molecule has 1 aromatic rings. The van der Waals surface area contributed by atoms with Crippen molar-refractivity contribution >= 4 is 9.84 Å². The second-order valence-electron chi connectivity index (χ2n) is 3.41. The molecule has 0 aliphatic carbocycles. The first-order valence-electron chi connectivity index (χ1n) is 5.11. The Morgan fingerprint density at radius 1 is 1.24 bits per heavy atom. The molecule has 0 atom stereocenters. The Morgan fingerprint density at radius 3 is 2.47 bits per heavy atom. The Balaban J connectivity index is 3.12. The largest absolute Gasteiger partial charge is 0.497 e. The maximum Gasteiger partial charge on any atom is 0.182 e. The molecule has 0 saturated carbocycles. The van der Waals surface area contributed by atoms with E-state index < -0.39 is 9.84 Å². The van der Waals surface area contributed by atoms with Crippen LogP contribution in [0.2, 0.25) is 0 Å². The summed E-state index contributed by atoms with van der Waals surface area (Å²) < 4.78 is 33.9. The average Bonchev–Trinajstić information content (AvgIpc) is 2.35. The van der Waals surface area contributed by atoms with E-state index in [2.05, 4.69) is 0 Å². The summed E-state index contributed by atoms with van der Waals surface area (Å²) in [4.78, 5) is 0.120. The molecule has 0 unspecified atom stereocenters. The predicted octanol–water partition coefficient (Wildman–Crippen LogP) is 0.860. The number of hydrogen-bond donors (Lipinski definition) is 1. The van der Waals surface area contributed by atoms with Crippen molar-refractivity contribution in [3.63, 3.8) is 0 Å². The minimum atomic E-state index is -3.43. The van der Waals surface area contributed by atoms with Gasteiger partial charge in [-0.3, -0.25) is 0 Å². The number of sulfone groups is 1. The molecule has 1 aromatic carbocycles. The standard InChI is InChI=1S/C11H16O5S/c1-15-9-4-5-11(10(8-9)16-2)17(13,14)7-3-6-12/h4-5,8,12H,3,6-7H2,1-2H3. The summed E-state index contributed by atoms with van der Waals surface area (Å²) in [7, 11) is -0.533. The van der Waals surface area contributed by atoms with Crippen molar-refractivity contribution in [1.29, 1.82) is 0 Å². The first-order valence-corrected chi connectivity index (χ1v) is 6.76. The van der Waals surface area contributed by atoms with Crippen LogP contribution in [0.25, 0.3) is 0 Å². The normalized spacial score (nSPS) is 11.2. The van der Waals surface area contributed by atoms with Crippen LogP contribution in [0.4, 0.5) is 0 Å². The van der Waals surface area contributed by atoms with Crippen LogP contribution in [-0.4, -0.2) is 40.1 Å². The lowest BCUT2D eigenvalue weighted by atomic mass is 10.3. The van der Waals surface area contributed by atoms with Gasteiger partial charge >= 0.3 is 0 Å². The summed E-state index contributed by atoms with van der Waals surface area (Å²) in [6.45, 7) is -0.155. The fourth-order valence-corrected chi connectivity index (χ4v) is 2.85. The van der Waals surface area contributed by atoms with Crippen LogP contribution in [0, 0.1) is 0 Å². The number of rotatable bonds is 6. The smallest absolute Gasteiger partial charge is 0.182 e. The van der Waals surface area contributed by atoms with Gasteiger partial charge in [-0.15, -0.1) is 0 Å². The van der Waals surface area contributed by atoms with E-state index in [0.29, 0.717) is 5.75 Å². The quantitative estimate of drug-likeness (QED) is 0.821. The summed E-state index contributed by atoms with van der Waals surface area (Å²) in [6.07, 6.45) is 0.206. The second-order valence-corrected chi connectivity index (χ2v) is 5.49. The lowest BCUT2D eigenvalue weighted by Crippen LogP contribution is -2.09.